The van der Waals surface area contributed by atoms with Crippen LogP contribution in [0.3, 0.4) is 0 Å². The van der Waals surface area contributed by atoms with E-state index >= 15 is 0 Å². The van der Waals surface area contributed by atoms with Crippen molar-refractivity contribution in [3.8, 4) is 11.5 Å². The number of fused-ring (bicyclic) bond motifs is 2. The molecule has 0 amide bonds. The van der Waals surface area contributed by atoms with Crippen LogP contribution in [-0.4, -0.2) is 38.4 Å². The van der Waals surface area contributed by atoms with Crippen molar-refractivity contribution in [2.45, 2.75) is 24.8 Å². The molecular formula is C20H22Cl3FN2O3. The van der Waals surface area contributed by atoms with E-state index in [0.29, 0.717) is 41.3 Å². The van der Waals surface area contributed by atoms with Gasteiger partial charge in [-0.05, 0) is 30.3 Å². The summed E-state index contributed by atoms with van der Waals surface area (Å²) in [6.45, 7) is 4.82. The highest BCUT2D eigenvalue weighted by Crippen LogP contribution is 2.50. The van der Waals surface area contributed by atoms with Gasteiger partial charge in [0.1, 0.15) is 5.82 Å². The van der Waals surface area contributed by atoms with Crippen LogP contribution in [0.4, 0.5) is 10.1 Å². The zero-order valence-corrected chi connectivity index (χ0v) is 18.1. The van der Waals surface area contributed by atoms with E-state index in [-0.39, 0.29) is 30.9 Å². The van der Waals surface area contributed by atoms with Gasteiger partial charge in [-0.1, -0.05) is 17.7 Å². The molecular weight excluding hydrogens is 442 g/mol. The molecule has 29 heavy (non-hydrogen) atoms. The Bertz CT molecular complexity index is 903. The van der Waals surface area contributed by atoms with Gasteiger partial charge in [0.05, 0.1) is 36.5 Å². The Hall–Kier alpha value is -1.44. The van der Waals surface area contributed by atoms with Gasteiger partial charge in [-0.15, -0.1) is 24.8 Å². The Morgan fingerprint density at radius 2 is 2.00 bits per heavy atom. The standard InChI is InChI=1S/C20H20ClFN2O3.2ClH/c1-20(13-6-5-12(21)9-14(13)22)26-18-4-2-3-16(19(18)27-20)24-8-7-23-15-10-25-11-17(15)24;;/h2-6,9,15,17,23H,7-8,10-11H2,1H3;2*1H/t15-,17+,20?;;/m0../s1. The van der Waals surface area contributed by atoms with Crippen molar-refractivity contribution in [2.75, 3.05) is 31.2 Å². The van der Waals surface area contributed by atoms with E-state index in [1.54, 1.807) is 19.1 Å². The molecule has 2 fully saturated rings. The summed E-state index contributed by atoms with van der Waals surface area (Å²) < 4.78 is 32.5. The van der Waals surface area contributed by atoms with E-state index in [1.807, 2.05) is 18.2 Å². The van der Waals surface area contributed by atoms with Crippen LogP contribution in [0, 0.1) is 5.82 Å². The summed E-state index contributed by atoms with van der Waals surface area (Å²) in [5.41, 5.74) is 1.27. The lowest BCUT2D eigenvalue weighted by Gasteiger charge is -2.39. The Balaban J connectivity index is 0.00000120. The number of piperazine rings is 1. The van der Waals surface area contributed by atoms with Crippen molar-refractivity contribution in [2.24, 2.45) is 0 Å². The average Bonchev–Trinajstić information content (AvgIpc) is 3.24. The molecule has 3 atom stereocenters. The minimum Gasteiger partial charge on any atom is -0.444 e. The molecule has 5 rings (SSSR count). The first-order valence-corrected chi connectivity index (χ1v) is 9.47. The second-order valence-electron chi connectivity index (χ2n) is 7.24. The van der Waals surface area contributed by atoms with Crippen molar-refractivity contribution in [1.82, 2.24) is 5.32 Å². The molecule has 2 saturated heterocycles. The van der Waals surface area contributed by atoms with Gasteiger partial charge in [-0.2, -0.15) is 0 Å². The Kier molecular flexibility index (Phi) is 6.41. The number of nitrogens with one attached hydrogen (secondary N) is 1. The molecule has 5 nitrogen and oxygen atoms in total. The zero-order chi connectivity index (χ0) is 18.6. The fourth-order valence-electron chi connectivity index (χ4n) is 4.19. The third kappa shape index (κ3) is 3.73. The quantitative estimate of drug-likeness (QED) is 0.725. The van der Waals surface area contributed by atoms with Gasteiger partial charge in [0.25, 0.3) is 5.79 Å². The molecule has 0 radical (unpaired) electrons. The molecule has 1 unspecified atom stereocenters. The van der Waals surface area contributed by atoms with Gasteiger partial charge in [-0.25, -0.2) is 4.39 Å². The number of halogens is 4. The normalized spacial score (nSPS) is 27.1. The predicted molar refractivity (Wildman–Crippen MR) is 115 cm³/mol. The minimum absolute atomic E-state index is 0. The number of hydrogen-bond donors (Lipinski definition) is 1. The van der Waals surface area contributed by atoms with Gasteiger partial charge in [-0.3, -0.25) is 0 Å². The van der Waals surface area contributed by atoms with Crippen molar-refractivity contribution < 1.29 is 18.6 Å². The number of anilines is 1. The maximum atomic E-state index is 14.5. The van der Waals surface area contributed by atoms with Crippen LogP contribution in [0.5, 0.6) is 11.5 Å². The van der Waals surface area contributed by atoms with Crippen LogP contribution < -0.4 is 19.7 Å². The van der Waals surface area contributed by atoms with E-state index in [9.17, 15) is 4.39 Å². The molecule has 0 bridgehead atoms. The molecule has 0 spiro atoms. The van der Waals surface area contributed by atoms with Crippen LogP contribution in [0.25, 0.3) is 0 Å². The number of para-hydroxylation sites is 1. The van der Waals surface area contributed by atoms with Gasteiger partial charge in [0.2, 0.25) is 0 Å². The summed E-state index contributed by atoms with van der Waals surface area (Å²) in [7, 11) is 0. The highest BCUT2D eigenvalue weighted by molar-refractivity contribution is 6.30. The van der Waals surface area contributed by atoms with Crippen molar-refractivity contribution in [1.29, 1.82) is 0 Å². The molecule has 0 aromatic heterocycles. The molecule has 3 aliphatic heterocycles. The van der Waals surface area contributed by atoms with Gasteiger partial charge in [0.15, 0.2) is 11.5 Å². The van der Waals surface area contributed by atoms with Crippen molar-refractivity contribution in [3.05, 3.63) is 52.8 Å². The topological polar surface area (TPSA) is 43.0 Å². The maximum Gasteiger partial charge on any atom is 0.278 e. The number of rotatable bonds is 2. The Morgan fingerprint density at radius 3 is 2.79 bits per heavy atom. The fraction of sp³-hybridized carbons (Fsp3) is 0.400. The Labute approximate surface area is 186 Å². The number of benzene rings is 2. The van der Waals surface area contributed by atoms with Crippen molar-refractivity contribution >= 4 is 42.1 Å². The molecule has 2 aromatic carbocycles. The SMILES string of the molecule is CC1(c2ccc(Cl)cc2F)Oc2cccc(N3CCN[C@H]4COC[C@H]43)c2O1.Cl.Cl. The van der Waals surface area contributed by atoms with Gasteiger partial charge in [0, 0.05) is 25.0 Å². The van der Waals surface area contributed by atoms with Crippen LogP contribution in [0.2, 0.25) is 5.02 Å². The lowest BCUT2D eigenvalue weighted by Crippen LogP contribution is -2.57. The number of nitrogens with zero attached hydrogens (tertiary/aromatic N) is 1. The summed E-state index contributed by atoms with van der Waals surface area (Å²) in [6.07, 6.45) is 0. The summed E-state index contributed by atoms with van der Waals surface area (Å²) in [5, 5.41) is 3.84. The van der Waals surface area contributed by atoms with Gasteiger partial charge < -0.3 is 24.4 Å². The van der Waals surface area contributed by atoms with Crippen LogP contribution in [-0.2, 0) is 10.5 Å². The second-order valence-corrected chi connectivity index (χ2v) is 7.67. The molecule has 1 N–H and O–H groups in total. The zero-order valence-electron chi connectivity index (χ0n) is 15.7. The molecule has 3 heterocycles. The summed E-state index contributed by atoms with van der Waals surface area (Å²) >= 11 is 5.89. The smallest absolute Gasteiger partial charge is 0.278 e. The minimum atomic E-state index is -1.24. The first kappa shape index (κ1) is 22.2. The lowest BCUT2D eigenvalue weighted by atomic mass is 10.1. The summed E-state index contributed by atoms with van der Waals surface area (Å²) in [6, 6.07) is 10.9. The number of ether oxygens (including phenoxy) is 3. The average molecular weight is 464 g/mol. The third-order valence-corrected chi connectivity index (χ3v) is 5.73. The van der Waals surface area contributed by atoms with Crippen LogP contribution >= 0.6 is 36.4 Å². The molecule has 3 aliphatic rings. The van der Waals surface area contributed by atoms with E-state index in [0.717, 1.165) is 18.8 Å². The first-order chi connectivity index (χ1) is 13.0. The molecule has 9 heteroatoms. The van der Waals surface area contributed by atoms with E-state index in [2.05, 4.69) is 10.2 Å². The molecule has 158 valence electrons. The second kappa shape index (κ2) is 8.36. The Morgan fingerprint density at radius 1 is 1.17 bits per heavy atom. The lowest BCUT2D eigenvalue weighted by molar-refractivity contribution is -0.0705. The highest BCUT2D eigenvalue weighted by Gasteiger charge is 2.44. The first-order valence-electron chi connectivity index (χ1n) is 9.09. The van der Waals surface area contributed by atoms with E-state index in [4.69, 9.17) is 25.8 Å². The largest absolute Gasteiger partial charge is 0.444 e. The van der Waals surface area contributed by atoms with Gasteiger partial charge >= 0.3 is 0 Å². The maximum absolute atomic E-state index is 14.5. The predicted octanol–water partition coefficient (Wildman–Crippen LogP) is 4.14. The van der Waals surface area contributed by atoms with E-state index in [1.165, 1.54) is 6.07 Å². The fourth-order valence-corrected chi connectivity index (χ4v) is 4.35. The third-order valence-electron chi connectivity index (χ3n) is 5.50. The monoisotopic (exact) mass is 462 g/mol. The van der Waals surface area contributed by atoms with Crippen LogP contribution in [0.15, 0.2) is 36.4 Å². The van der Waals surface area contributed by atoms with Crippen LogP contribution in [0.1, 0.15) is 12.5 Å². The molecule has 0 aliphatic carbocycles. The van der Waals surface area contributed by atoms with Crippen molar-refractivity contribution in [3.63, 3.8) is 0 Å². The molecule has 2 aromatic rings. The summed E-state index contributed by atoms with van der Waals surface area (Å²) in [4.78, 5) is 2.31. The molecule has 0 saturated carbocycles. The number of hydrogen-bond acceptors (Lipinski definition) is 5. The highest BCUT2D eigenvalue weighted by atomic mass is 35.5. The van der Waals surface area contributed by atoms with E-state index < -0.39 is 11.6 Å². The summed E-state index contributed by atoms with van der Waals surface area (Å²) in [5.74, 6) is -0.446.